The van der Waals surface area contributed by atoms with Gasteiger partial charge in [0.2, 0.25) is 5.91 Å². The Hall–Kier alpha value is -1.39. The zero-order valence-corrected chi connectivity index (χ0v) is 11.4. The molecule has 1 aliphatic rings. The van der Waals surface area contributed by atoms with Gasteiger partial charge in [-0.05, 0) is 18.4 Å². The van der Waals surface area contributed by atoms with Crippen LogP contribution in [0.25, 0.3) is 0 Å². The van der Waals surface area contributed by atoms with Crippen molar-refractivity contribution in [2.75, 3.05) is 26.8 Å². The normalized spacial score (nSPS) is 20.2. The maximum absolute atomic E-state index is 12.5. The first-order valence-corrected chi connectivity index (χ1v) is 6.80. The molecule has 1 aromatic carbocycles. The van der Waals surface area contributed by atoms with Gasteiger partial charge in [0.25, 0.3) is 0 Å². The van der Waals surface area contributed by atoms with Gasteiger partial charge in [-0.3, -0.25) is 4.79 Å². The zero-order valence-electron chi connectivity index (χ0n) is 11.4. The fourth-order valence-electron chi connectivity index (χ4n) is 2.47. The summed E-state index contributed by atoms with van der Waals surface area (Å²) in [5.41, 5.74) is 6.93. The molecule has 104 valence electrons. The summed E-state index contributed by atoms with van der Waals surface area (Å²) in [4.78, 5) is 14.3. The van der Waals surface area contributed by atoms with Crippen LogP contribution in [0.5, 0.6) is 0 Å². The topological polar surface area (TPSA) is 55.6 Å². The molecule has 0 spiro atoms. The predicted octanol–water partition coefficient (Wildman–Crippen LogP) is 1.05. The van der Waals surface area contributed by atoms with Gasteiger partial charge in [0.05, 0.1) is 18.6 Å². The lowest BCUT2D eigenvalue weighted by Gasteiger charge is -2.27. The number of ether oxygens (including phenoxy) is 1. The van der Waals surface area contributed by atoms with E-state index in [1.54, 1.807) is 0 Å². The van der Waals surface area contributed by atoms with Crippen molar-refractivity contribution >= 4 is 5.91 Å². The average molecular weight is 262 g/mol. The van der Waals surface area contributed by atoms with Crippen LogP contribution < -0.4 is 5.73 Å². The van der Waals surface area contributed by atoms with Gasteiger partial charge >= 0.3 is 0 Å². The van der Waals surface area contributed by atoms with E-state index in [-0.39, 0.29) is 17.9 Å². The van der Waals surface area contributed by atoms with Crippen molar-refractivity contribution in [3.63, 3.8) is 0 Å². The summed E-state index contributed by atoms with van der Waals surface area (Å²) in [6, 6.07) is 10.2. The number of rotatable bonds is 5. The molecule has 4 heteroatoms. The maximum Gasteiger partial charge on any atom is 0.227 e. The molecule has 2 atom stereocenters. The van der Waals surface area contributed by atoms with Crippen LogP contribution in [0.1, 0.15) is 12.0 Å². The van der Waals surface area contributed by atoms with Gasteiger partial charge < -0.3 is 15.4 Å². The Morgan fingerprint density at radius 2 is 2.21 bits per heavy atom. The number of nitrogens with zero attached hydrogens (tertiary/aromatic N) is 1. The Morgan fingerprint density at radius 3 is 2.79 bits per heavy atom. The van der Waals surface area contributed by atoms with Crippen molar-refractivity contribution in [2.24, 2.45) is 11.7 Å². The Labute approximate surface area is 114 Å². The molecule has 1 fully saturated rings. The van der Waals surface area contributed by atoms with E-state index in [1.807, 2.05) is 42.3 Å². The van der Waals surface area contributed by atoms with Crippen LogP contribution in [-0.2, 0) is 16.0 Å². The van der Waals surface area contributed by atoms with Gasteiger partial charge in [-0.1, -0.05) is 30.3 Å². The van der Waals surface area contributed by atoms with Gasteiger partial charge in [0.15, 0.2) is 0 Å². The van der Waals surface area contributed by atoms with Gasteiger partial charge in [-0.2, -0.15) is 0 Å². The van der Waals surface area contributed by atoms with Crippen LogP contribution in [0.15, 0.2) is 30.3 Å². The summed E-state index contributed by atoms with van der Waals surface area (Å²) < 4.78 is 5.33. The Morgan fingerprint density at radius 1 is 1.47 bits per heavy atom. The highest BCUT2D eigenvalue weighted by Gasteiger charge is 2.28. The number of carbonyl (C=O) groups is 1. The van der Waals surface area contributed by atoms with Crippen molar-refractivity contribution in [1.29, 1.82) is 0 Å². The van der Waals surface area contributed by atoms with Gasteiger partial charge in [-0.15, -0.1) is 0 Å². The summed E-state index contributed by atoms with van der Waals surface area (Å²) in [5, 5.41) is 0. The standard InChI is InChI=1S/C15H22N2O2/c1-17(14-7-8-19-11-14)15(18)13(10-16)9-12-5-3-2-4-6-12/h2-6,13-14H,7-11,16H2,1H3. The minimum absolute atomic E-state index is 0.127. The molecule has 0 radical (unpaired) electrons. The number of amides is 1. The summed E-state index contributed by atoms with van der Waals surface area (Å²) in [7, 11) is 1.86. The fourth-order valence-corrected chi connectivity index (χ4v) is 2.47. The van der Waals surface area contributed by atoms with E-state index in [0.29, 0.717) is 19.6 Å². The third-order valence-corrected chi connectivity index (χ3v) is 3.76. The number of benzene rings is 1. The van der Waals surface area contributed by atoms with Crippen LogP contribution in [0.2, 0.25) is 0 Å². The smallest absolute Gasteiger partial charge is 0.227 e. The first kappa shape index (κ1) is 14.0. The fraction of sp³-hybridized carbons (Fsp3) is 0.533. The SMILES string of the molecule is CN(C(=O)C(CN)Cc1ccccc1)C1CCOC1. The minimum atomic E-state index is -0.145. The van der Waals surface area contributed by atoms with Crippen molar-refractivity contribution in [2.45, 2.75) is 18.9 Å². The second kappa shape index (κ2) is 6.68. The summed E-state index contributed by atoms with van der Waals surface area (Å²) >= 11 is 0. The number of hydrogen-bond acceptors (Lipinski definition) is 3. The molecular formula is C15H22N2O2. The van der Waals surface area contributed by atoms with Crippen LogP contribution in [0.4, 0.5) is 0 Å². The van der Waals surface area contributed by atoms with Gasteiger partial charge in [-0.25, -0.2) is 0 Å². The molecule has 0 bridgehead atoms. The number of carbonyl (C=O) groups excluding carboxylic acids is 1. The van der Waals surface area contributed by atoms with E-state index < -0.39 is 0 Å². The molecule has 1 heterocycles. The van der Waals surface area contributed by atoms with E-state index in [9.17, 15) is 4.79 Å². The van der Waals surface area contributed by atoms with Crippen LogP contribution in [0, 0.1) is 5.92 Å². The third kappa shape index (κ3) is 3.55. The van der Waals surface area contributed by atoms with E-state index in [4.69, 9.17) is 10.5 Å². The summed E-state index contributed by atoms with van der Waals surface area (Å²) in [6.07, 6.45) is 1.62. The molecule has 4 nitrogen and oxygen atoms in total. The molecule has 2 unspecified atom stereocenters. The highest BCUT2D eigenvalue weighted by molar-refractivity contribution is 5.79. The van der Waals surface area contributed by atoms with Crippen molar-refractivity contribution in [1.82, 2.24) is 4.90 Å². The maximum atomic E-state index is 12.5. The molecular weight excluding hydrogens is 240 g/mol. The van der Waals surface area contributed by atoms with E-state index >= 15 is 0 Å². The van der Waals surface area contributed by atoms with Crippen LogP contribution in [-0.4, -0.2) is 43.7 Å². The highest BCUT2D eigenvalue weighted by Crippen LogP contribution is 2.16. The first-order valence-electron chi connectivity index (χ1n) is 6.80. The summed E-state index contributed by atoms with van der Waals surface area (Å²) in [6.45, 7) is 1.77. The first-order chi connectivity index (χ1) is 9.22. The lowest BCUT2D eigenvalue weighted by Crippen LogP contribution is -2.43. The van der Waals surface area contributed by atoms with Gasteiger partial charge in [0.1, 0.15) is 0 Å². The molecule has 1 amide bonds. The number of hydrogen-bond donors (Lipinski definition) is 1. The summed E-state index contributed by atoms with van der Waals surface area (Å²) in [5.74, 6) is -0.0187. The number of nitrogens with two attached hydrogens (primary N) is 1. The average Bonchev–Trinajstić information content (AvgIpc) is 2.98. The number of likely N-dealkylation sites (N-methyl/N-ethyl adjacent to an activating group) is 1. The van der Waals surface area contributed by atoms with Crippen molar-refractivity contribution < 1.29 is 9.53 Å². The predicted molar refractivity (Wildman–Crippen MR) is 74.7 cm³/mol. The molecule has 1 saturated heterocycles. The van der Waals surface area contributed by atoms with E-state index in [2.05, 4.69) is 0 Å². The van der Waals surface area contributed by atoms with Gasteiger partial charge in [0, 0.05) is 20.2 Å². The molecule has 1 aromatic rings. The zero-order chi connectivity index (χ0) is 13.7. The minimum Gasteiger partial charge on any atom is -0.379 e. The van der Waals surface area contributed by atoms with Crippen LogP contribution >= 0.6 is 0 Å². The quantitative estimate of drug-likeness (QED) is 0.863. The molecule has 1 aliphatic heterocycles. The molecule has 0 saturated carbocycles. The lowest BCUT2D eigenvalue weighted by atomic mass is 9.97. The second-order valence-corrected chi connectivity index (χ2v) is 5.09. The second-order valence-electron chi connectivity index (χ2n) is 5.09. The van der Waals surface area contributed by atoms with E-state index in [0.717, 1.165) is 18.6 Å². The molecule has 2 rings (SSSR count). The van der Waals surface area contributed by atoms with E-state index in [1.165, 1.54) is 0 Å². The highest BCUT2D eigenvalue weighted by atomic mass is 16.5. The lowest BCUT2D eigenvalue weighted by molar-refractivity contribution is -0.136. The van der Waals surface area contributed by atoms with Crippen molar-refractivity contribution in [3.05, 3.63) is 35.9 Å². The van der Waals surface area contributed by atoms with Crippen LogP contribution in [0.3, 0.4) is 0 Å². The largest absolute Gasteiger partial charge is 0.379 e. The van der Waals surface area contributed by atoms with Crippen molar-refractivity contribution in [3.8, 4) is 0 Å². The monoisotopic (exact) mass is 262 g/mol. The Bertz CT molecular complexity index is 402. The molecule has 0 aromatic heterocycles. The molecule has 19 heavy (non-hydrogen) atoms. The molecule has 2 N–H and O–H groups in total. The molecule has 0 aliphatic carbocycles. The Balaban J connectivity index is 1.98. The Kier molecular flexibility index (Phi) is 4.93. The third-order valence-electron chi connectivity index (χ3n) is 3.76.